The molecule has 22 heavy (non-hydrogen) atoms. The van der Waals surface area contributed by atoms with Gasteiger partial charge in [-0.1, -0.05) is 18.2 Å². The van der Waals surface area contributed by atoms with Crippen molar-refractivity contribution >= 4 is 17.6 Å². The van der Waals surface area contributed by atoms with Crippen molar-refractivity contribution in [1.29, 1.82) is 0 Å². The molecule has 3 aromatic rings. The van der Waals surface area contributed by atoms with Crippen molar-refractivity contribution in [3.05, 3.63) is 78.6 Å². The Bertz CT molecular complexity index is 753. The van der Waals surface area contributed by atoms with E-state index < -0.39 is 0 Å². The van der Waals surface area contributed by atoms with Gasteiger partial charge in [-0.2, -0.15) is 0 Å². The number of benzene rings is 2. The van der Waals surface area contributed by atoms with Crippen LogP contribution in [0, 0.1) is 0 Å². The van der Waals surface area contributed by atoms with E-state index >= 15 is 0 Å². The molecule has 3 heteroatoms. The SMILES string of the molecule is CN(C)c1ccc(-n2cccc2C=Nc2ccccc2)cc1. The first-order valence-electron chi connectivity index (χ1n) is 7.28. The third-order valence-electron chi connectivity index (χ3n) is 3.53. The standard InChI is InChI=1S/C19H19N3/c1-21(2)17-10-12-18(13-11-17)22-14-6-9-19(22)15-20-16-7-4-3-5-8-16/h3-15H,1-2H3. The molecule has 0 aliphatic heterocycles. The number of hydrogen-bond donors (Lipinski definition) is 0. The number of nitrogens with zero attached hydrogens (tertiary/aromatic N) is 3. The minimum atomic E-state index is 0.957. The summed E-state index contributed by atoms with van der Waals surface area (Å²) < 4.78 is 2.13. The quantitative estimate of drug-likeness (QED) is 0.656. The Morgan fingerprint density at radius 1 is 0.864 bits per heavy atom. The molecule has 0 saturated carbocycles. The largest absolute Gasteiger partial charge is 0.378 e. The van der Waals surface area contributed by atoms with E-state index in [4.69, 9.17) is 0 Å². The van der Waals surface area contributed by atoms with E-state index in [0.29, 0.717) is 0 Å². The summed E-state index contributed by atoms with van der Waals surface area (Å²) in [4.78, 5) is 6.62. The lowest BCUT2D eigenvalue weighted by atomic mass is 10.2. The number of rotatable bonds is 4. The van der Waals surface area contributed by atoms with Crippen LogP contribution in [0.3, 0.4) is 0 Å². The van der Waals surface area contributed by atoms with Gasteiger partial charge in [0.2, 0.25) is 0 Å². The molecule has 0 aliphatic carbocycles. The number of anilines is 1. The molecule has 0 aliphatic rings. The second-order valence-electron chi connectivity index (χ2n) is 5.31. The first-order valence-corrected chi connectivity index (χ1v) is 7.28. The van der Waals surface area contributed by atoms with Crippen molar-refractivity contribution < 1.29 is 0 Å². The third kappa shape index (κ3) is 3.09. The van der Waals surface area contributed by atoms with Crippen LogP contribution in [0.1, 0.15) is 5.69 Å². The fourth-order valence-corrected chi connectivity index (χ4v) is 2.30. The maximum Gasteiger partial charge on any atom is 0.0639 e. The average molecular weight is 289 g/mol. The van der Waals surface area contributed by atoms with Crippen LogP contribution >= 0.6 is 0 Å². The summed E-state index contributed by atoms with van der Waals surface area (Å²) in [5.74, 6) is 0. The zero-order valence-corrected chi connectivity index (χ0v) is 12.8. The highest BCUT2D eigenvalue weighted by molar-refractivity contribution is 5.81. The summed E-state index contributed by atoms with van der Waals surface area (Å²) in [5, 5.41) is 0. The molecular weight excluding hydrogens is 270 g/mol. The molecule has 3 nitrogen and oxygen atoms in total. The lowest BCUT2D eigenvalue weighted by molar-refractivity contribution is 1.06. The van der Waals surface area contributed by atoms with Gasteiger partial charge in [0.15, 0.2) is 0 Å². The first kappa shape index (κ1) is 14.1. The lowest BCUT2D eigenvalue weighted by Crippen LogP contribution is -2.08. The second kappa shape index (κ2) is 6.31. The van der Waals surface area contributed by atoms with Crippen LogP contribution in [0.5, 0.6) is 0 Å². The second-order valence-corrected chi connectivity index (χ2v) is 5.31. The summed E-state index contributed by atoms with van der Waals surface area (Å²) in [6.07, 6.45) is 3.95. The molecule has 0 spiro atoms. The van der Waals surface area contributed by atoms with Crippen molar-refractivity contribution in [2.75, 3.05) is 19.0 Å². The zero-order chi connectivity index (χ0) is 15.4. The van der Waals surface area contributed by atoms with E-state index in [-0.39, 0.29) is 0 Å². The van der Waals surface area contributed by atoms with Gasteiger partial charge < -0.3 is 9.47 Å². The van der Waals surface area contributed by atoms with Crippen LogP contribution in [0.25, 0.3) is 5.69 Å². The van der Waals surface area contributed by atoms with Crippen LogP contribution in [0.4, 0.5) is 11.4 Å². The Kier molecular flexibility index (Phi) is 4.05. The van der Waals surface area contributed by atoms with Crippen LogP contribution in [-0.2, 0) is 0 Å². The Morgan fingerprint density at radius 2 is 1.59 bits per heavy atom. The minimum Gasteiger partial charge on any atom is -0.378 e. The fourth-order valence-electron chi connectivity index (χ4n) is 2.30. The Hall–Kier alpha value is -2.81. The van der Waals surface area contributed by atoms with Gasteiger partial charge in [-0.25, -0.2) is 0 Å². The number of hydrogen-bond acceptors (Lipinski definition) is 2. The topological polar surface area (TPSA) is 20.5 Å². The molecule has 0 atom stereocenters. The monoisotopic (exact) mass is 289 g/mol. The number of para-hydroxylation sites is 1. The van der Waals surface area contributed by atoms with E-state index in [0.717, 1.165) is 17.1 Å². The Labute approximate surface area is 131 Å². The summed E-state index contributed by atoms with van der Waals surface area (Å²) >= 11 is 0. The van der Waals surface area contributed by atoms with Gasteiger partial charge in [0.1, 0.15) is 0 Å². The van der Waals surface area contributed by atoms with Gasteiger partial charge in [0.25, 0.3) is 0 Å². The third-order valence-corrected chi connectivity index (χ3v) is 3.53. The van der Waals surface area contributed by atoms with Gasteiger partial charge in [0.05, 0.1) is 17.6 Å². The van der Waals surface area contributed by atoms with Gasteiger partial charge in [-0.05, 0) is 48.5 Å². The molecule has 1 aromatic heterocycles. The molecule has 3 rings (SSSR count). The zero-order valence-electron chi connectivity index (χ0n) is 12.8. The molecule has 0 N–H and O–H groups in total. The fraction of sp³-hybridized carbons (Fsp3) is 0.105. The smallest absolute Gasteiger partial charge is 0.0639 e. The molecule has 2 aromatic carbocycles. The van der Waals surface area contributed by atoms with Gasteiger partial charge >= 0.3 is 0 Å². The van der Waals surface area contributed by atoms with Crippen LogP contribution < -0.4 is 4.90 Å². The highest BCUT2D eigenvalue weighted by Gasteiger charge is 2.02. The van der Waals surface area contributed by atoms with Crippen molar-refractivity contribution in [2.45, 2.75) is 0 Å². The predicted molar refractivity (Wildman–Crippen MR) is 93.8 cm³/mol. The maximum absolute atomic E-state index is 4.53. The minimum absolute atomic E-state index is 0.957. The van der Waals surface area contributed by atoms with Crippen molar-refractivity contribution in [3.8, 4) is 5.69 Å². The molecule has 110 valence electrons. The lowest BCUT2D eigenvalue weighted by Gasteiger charge is -2.13. The summed E-state index contributed by atoms with van der Waals surface area (Å²) in [6.45, 7) is 0. The van der Waals surface area contributed by atoms with E-state index in [1.165, 1.54) is 5.69 Å². The molecule has 0 bridgehead atoms. The first-order chi connectivity index (χ1) is 10.7. The molecule has 0 radical (unpaired) electrons. The van der Waals surface area contributed by atoms with E-state index in [1.54, 1.807) is 0 Å². The average Bonchev–Trinajstić information content (AvgIpc) is 3.02. The summed E-state index contributed by atoms with van der Waals surface area (Å²) in [7, 11) is 4.09. The molecule has 0 saturated heterocycles. The van der Waals surface area contributed by atoms with E-state index in [9.17, 15) is 0 Å². The highest BCUT2D eigenvalue weighted by atomic mass is 15.1. The molecule has 0 fully saturated rings. The molecular formula is C19H19N3. The number of aliphatic imine (C=N–C) groups is 1. The summed E-state index contributed by atoms with van der Waals surface area (Å²) in [5.41, 5.74) is 4.33. The molecule has 0 unspecified atom stereocenters. The molecule has 1 heterocycles. The van der Waals surface area contributed by atoms with Gasteiger partial charge in [-0.15, -0.1) is 0 Å². The van der Waals surface area contributed by atoms with E-state index in [2.05, 4.69) is 51.0 Å². The predicted octanol–water partition coefficient (Wildman–Crippen LogP) is 4.29. The van der Waals surface area contributed by atoms with Crippen LogP contribution in [0.15, 0.2) is 77.9 Å². The highest BCUT2D eigenvalue weighted by Crippen LogP contribution is 2.17. The van der Waals surface area contributed by atoms with Gasteiger partial charge in [-0.3, -0.25) is 4.99 Å². The van der Waals surface area contributed by atoms with Gasteiger partial charge in [0, 0.05) is 31.7 Å². The maximum atomic E-state index is 4.53. The number of aromatic nitrogens is 1. The van der Waals surface area contributed by atoms with Crippen molar-refractivity contribution in [1.82, 2.24) is 4.57 Å². The molecule has 0 amide bonds. The summed E-state index contributed by atoms with van der Waals surface area (Å²) in [6, 6.07) is 22.5. The van der Waals surface area contributed by atoms with Crippen molar-refractivity contribution in [2.24, 2.45) is 4.99 Å². The van der Waals surface area contributed by atoms with Crippen LogP contribution in [0.2, 0.25) is 0 Å². The van der Waals surface area contributed by atoms with Crippen LogP contribution in [-0.4, -0.2) is 24.9 Å². The Balaban J connectivity index is 1.87. The van der Waals surface area contributed by atoms with E-state index in [1.807, 2.05) is 56.7 Å². The Morgan fingerprint density at radius 3 is 2.27 bits per heavy atom. The van der Waals surface area contributed by atoms with Crippen molar-refractivity contribution in [3.63, 3.8) is 0 Å². The normalized spacial score (nSPS) is 11.0.